The monoisotopic (exact) mass is 382 g/mol. The molecule has 1 aliphatic heterocycles. The molecule has 144 valence electrons. The van der Waals surface area contributed by atoms with Gasteiger partial charge in [0.2, 0.25) is 0 Å². The van der Waals surface area contributed by atoms with Gasteiger partial charge in [-0.3, -0.25) is 0 Å². The fraction of sp³-hybridized carbons (Fsp3) is 0.286. The van der Waals surface area contributed by atoms with Crippen molar-refractivity contribution in [3.8, 4) is 11.3 Å². The van der Waals surface area contributed by atoms with E-state index in [0.717, 1.165) is 18.4 Å². The van der Waals surface area contributed by atoms with Crippen LogP contribution < -0.4 is 0 Å². The molecule has 0 unspecified atom stereocenters. The third-order valence-electron chi connectivity index (χ3n) is 4.87. The minimum atomic E-state index is -1.10. The first-order chi connectivity index (χ1) is 13.5. The molecular formula is C21H18O7. The molecule has 7 nitrogen and oxygen atoms in total. The van der Waals surface area contributed by atoms with Gasteiger partial charge in [0.05, 0.1) is 12.7 Å². The van der Waals surface area contributed by atoms with E-state index in [1.165, 1.54) is 13.2 Å². The average Bonchev–Trinajstić information content (AvgIpc) is 3.34. The van der Waals surface area contributed by atoms with E-state index in [1.54, 1.807) is 36.4 Å². The van der Waals surface area contributed by atoms with Crippen LogP contribution in [0.25, 0.3) is 17.4 Å². The first kappa shape index (κ1) is 18.0. The van der Waals surface area contributed by atoms with Gasteiger partial charge < -0.3 is 18.6 Å². The second-order valence-corrected chi connectivity index (χ2v) is 6.73. The highest BCUT2D eigenvalue weighted by molar-refractivity contribution is 6.18. The van der Waals surface area contributed by atoms with E-state index in [9.17, 15) is 14.4 Å². The summed E-state index contributed by atoms with van der Waals surface area (Å²) >= 11 is 0. The summed E-state index contributed by atoms with van der Waals surface area (Å²) in [5, 5.41) is 0. The molecule has 7 heteroatoms. The fourth-order valence-corrected chi connectivity index (χ4v) is 3.40. The van der Waals surface area contributed by atoms with Gasteiger partial charge in [-0.25, -0.2) is 14.4 Å². The summed E-state index contributed by atoms with van der Waals surface area (Å²) < 4.78 is 21.2. The zero-order chi connectivity index (χ0) is 19.7. The Balaban J connectivity index is 1.54. The Kier molecular flexibility index (Phi) is 4.50. The summed E-state index contributed by atoms with van der Waals surface area (Å²) in [5.41, 5.74) is 0.962. The Bertz CT molecular complexity index is 937. The van der Waals surface area contributed by atoms with Crippen LogP contribution in [0.4, 0.5) is 0 Å². The molecule has 4 rings (SSSR count). The van der Waals surface area contributed by atoms with E-state index in [1.807, 2.05) is 0 Å². The highest BCUT2D eigenvalue weighted by Crippen LogP contribution is 2.38. The van der Waals surface area contributed by atoms with Crippen molar-refractivity contribution in [1.29, 1.82) is 0 Å². The number of ether oxygens (including phenoxy) is 3. The van der Waals surface area contributed by atoms with Gasteiger partial charge in [-0.15, -0.1) is 0 Å². The molecule has 1 saturated carbocycles. The van der Waals surface area contributed by atoms with Gasteiger partial charge in [-0.2, -0.15) is 0 Å². The first-order valence-electron chi connectivity index (χ1n) is 8.97. The number of methoxy groups -OCH3 is 1. The second kappa shape index (κ2) is 6.99. The largest absolute Gasteiger partial charge is 0.465 e. The highest BCUT2D eigenvalue weighted by Gasteiger charge is 2.48. The van der Waals surface area contributed by atoms with Crippen LogP contribution in [0.3, 0.4) is 0 Å². The van der Waals surface area contributed by atoms with E-state index in [-0.39, 0.29) is 5.57 Å². The number of hydrogen-bond donors (Lipinski definition) is 0. The zero-order valence-corrected chi connectivity index (χ0v) is 15.2. The quantitative estimate of drug-likeness (QED) is 0.456. The molecule has 1 saturated heterocycles. The molecule has 1 aromatic carbocycles. The van der Waals surface area contributed by atoms with Crippen molar-refractivity contribution in [3.63, 3.8) is 0 Å². The highest BCUT2D eigenvalue weighted by atomic mass is 16.7. The fourth-order valence-electron chi connectivity index (χ4n) is 3.40. The lowest BCUT2D eigenvalue weighted by molar-refractivity contribution is -0.232. The predicted molar refractivity (Wildman–Crippen MR) is 96.8 cm³/mol. The van der Waals surface area contributed by atoms with Crippen LogP contribution in [0.5, 0.6) is 0 Å². The number of furan rings is 1. The molecule has 0 radical (unpaired) electrons. The van der Waals surface area contributed by atoms with E-state index in [0.29, 0.717) is 29.9 Å². The molecule has 0 N–H and O–H groups in total. The second-order valence-electron chi connectivity index (χ2n) is 6.73. The summed E-state index contributed by atoms with van der Waals surface area (Å²) in [5.74, 6) is -2.07. The van der Waals surface area contributed by atoms with E-state index < -0.39 is 23.7 Å². The number of esters is 3. The van der Waals surface area contributed by atoms with Crippen LogP contribution in [-0.2, 0) is 23.8 Å². The molecule has 1 aliphatic carbocycles. The SMILES string of the molecule is COC(=O)c1ccc(-c2ccc(C=C3C(=O)OC4(CCCC4)OC3=O)o2)cc1. The molecule has 0 bridgehead atoms. The molecular weight excluding hydrogens is 364 g/mol. The van der Waals surface area contributed by atoms with Gasteiger partial charge in [0.15, 0.2) is 0 Å². The number of rotatable bonds is 3. The molecule has 1 aromatic heterocycles. The molecule has 2 aliphatic rings. The van der Waals surface area contributed by atoms with Crippen molar-refractivity contribution < 1.29 is 33.0 Å². The summed E-state index contributed by atoms with van der Waals surface area (Å²) in [4.78, 5) is 36.1. The summed E-state index contributed by atoms with van der Waals surface area (Å²) in [6.07, 6.45) is 4.10. The Hall–Kier alpha value is -3.35. The lowest BCUT2D eigenvalue weighted by atomic mass is 10.1. The van der Waals surface area contributed by atoms with Gasteiger partial charge in [-0.05, 0) is 37.1 Å². The molecule has 2 heterocycles. The molecule has 2 fully saturated rings. The lowest BCUT2D eigenvalue weighted by Gasteiger charge is -2.32. The topological polar surface area (TPSA) is 92.0 Å². The lowest BCUT2D eigenvalue weighted by Crippen LogP contribution is -2.44. The Morgan fingerprint density at radius 2 is 1.64 bits per heavy atom. The Morgan fingerprint density at radius 3 is 2.25 bits per heavy atom. The maximum atomic E-state index is 12.3. The maximum absolute atomic E-state index is 12.3. The van der Waals surface area contributed by atoms with Gasteiger partial charge >= 0.3 is 17.9 Å². The number of benzene rings is 1. The zero-order valence-electron chi connectivity index (χ0n) is 15.2. The Morgan fingerprint density at radius 1 is 1.00 bits per heavy atom. The third kappa shape index (κ3) is 3.31. The van der Waals surface area contributed by atoms with E-state index in [2.05, 4.69) is 4.74 Å². The van der Waals surface area contributed by atoms with Gasteiger partial charge in [0, 0.05) is 24.5 Å². The first-order valence-corrected chi connectivity index (χ1v) is 8.97. The number of hydrogen-bond acceptors (Lipinski definition) is 7. The number of carbonyl (C=O) groups excluding carboxylic acids is 3. The van der Waals surface area contributed by atoms with Crippen LogP contribution >= 0.6 is 0 Å². The van der Waals surface area contributed by atoms with Gasteiger partial charge in [-0.1, -0.05) is 12.1 Å². The van der Waals surface area contributed by atoms with Crippen LogP contribution in [0.2, 0.25) is 0 Å². The van der Waals surface area contributed by atoms with Crippen molar-refractivity contribution in [2.24, 2.45) is 0 Å². The summed E-state index contributed by atoms with van der Waals surface area (Å²) in [6, 6.07) is 10.0. The van der Waals surface area contributed by atoms with Gasteiger partial charge in [0.25, 0.3) is 5.79 Å². The number of carbonyl (C=O) groups is 3. The molecule has 1 spiro atoms. The molecule has 0 amide bonds. The molecule has 28 heavy (non-hydrogen) atoms. The minimum Gasteiger partial charge on any atom is -0.465 e. The molecule has 0 atom stereocenters. The summed E-state index contributed by atoms with van der Waals surface area (Å²) in [7, 11) is 1.32. The molecule has 2 aromatic rings. The van der Waals surface area contributed by atoms with Crippen LogP contribution in [0.1, 0.15) is 41.8 Å². The minimum absolute atomic E-state index is 0.195. The standard InChI is InChI=1S/C21H18O7/c1-25-18(22)14-6-4-13(5-7-14)17-9-8-15(26-17)12-16-19(23)27-21(28-20(16)24)10-2-3-11-21/h4-9,12H,2-3,10-11H2,1H3. The smallest absolute Gasteiger partial charge is 0.349 e. The van der Waals surface area contributed by atoms with E-state index >= 15 is 0 Å². The van der Waals surface area contributed by atoms with Crippen LogP contribution in [0.15, 0.2) is 46.4 Å². The average molecular weight is 382 g/mol. The van der Waals surface area contributed by atoms with Crippen molar-refractivity contribution in [3.05, 3.63) is 53.3 Å². The normalized spacial score (nSPS) is 18.0. The summed E-state index contributed by atoms with van der Waals surface area (Å²) in [6.45, 7) is 0. The third-order valence-corrected chi connectivity index (χ3v) is 4.87. The van der Waals surface area contributed by atoms with Gasteiger partial charge in [0.1, 0.15) is 17.1 Å². The van der Waals surface area contributed by atoms with Crippen molar-refractivity contribution >= 4 is 24.0 Å². The van der Waals surface area contributed by atoms with Crippen LogP contribution in [0, 0.1) is 0 Å². The van der Waals surface area contributed by atoms with Crippen molar-refractivity contribution in [2.45, 2.75) is 31.5 Å². The van der Waals surface area contributed by atoms with E-state index in [4.69, 9.17) is 13.9 Å². The van der Waals surface area contributed by atoms with Crippen LogP contribution in [-0.4, -0.2) is 30.8 Å². The maximum Gasteiger partial charge on any atom is 0.349 e. The van der Waals surface area contributed by atoms with Crippen molar-refractivity contribution in [1.82, 2.24) is 0 Å². The van der Waals surface area contributed by atoms with Crippen molar-refractivity contribution in [2.75, 3.05) is 7.11 Å². The predicted octanol–water partition coefficient (Wildman–Crippen LogP) is 3.49. The Labute approximate surface area is 160 Å².